The second-order valence-corrected chi connectivity index (χ2v) is 2.51. The minimum absolute atomic E-state index is 1.10. The SMILES string of the molecule is CO/C1=C/C=C\CCCC1. The Morgan fingerprint density at radius 3 is 3.10 bits per heavy atom. The molecule has 10 heavy (non-hydrogen) atoms. The van der Waals surface area contributed by atoms with Crippen molar-refractivity contribution in [1.29, 1.82) is 0 Å². The Morgan fingerprint density at radius 1 is 1.40 bits per heavy atom. The highest BCUT2D eigenvalue weighted by atomic mass is 16.5. The molecule has 0 unspecified atom stereocenters. The fraction of sp³-hybridized carbons (Fsp3) is 0.556. The quantitative estimate of drug-likeness (QED) is 0.541. The molecule has 0 heterocycles. The second kappa shape index (κ2) is 4.15. The van der Waals surface area contributed by atoms with Gasteiger partial charge in [0.25, 0.3) is 0 Å². The summed E-state index contributed by atoms with van der Waals surface area (Å²) < 4.78 is 5.14. The highest BCUT2D eigenvalue weighted by Crippen LogP contribution is 2.12. The second-order valence-electron chi connectivity index (χ2n) is 2.51. The average molecular weight is 138 g/mol. The number of hydrogen-bond acceptors (Lipinski definition) is 1. The lowest BCUT2D eigenvalue weighted by Crippen LogP contribution is -1.88. The fourth-order valence-corrected chi connectivity index (χ4v) is 1.09. The van der Waals surface area contributed by atoms with E-state index in [-0.39, 0.29) is 0 Å². The van der Waals surface area contributed by atoms with E-state index in [0.29, 0.717) is 0 Å². The summed E-state index contributed by atoms with van der Waals surface area (Å²) in [7, 11) is 1.74. The number of hydrogen-bond donors (Lipinski definition) is 0. The van der Waals surface area contributed by atoms with Crippen molar-refractivity contribution in [2.24, 2.45) is 0 Å². The molecule has 0 spiro atoms. The Kier molecular flexibility index (Phi) is 3.07. The van der Waals surface area contributed by atoms with Crippen LogP contribution in [0, 0.1) is 0 Å². The van der Waals surface area contributed by atoms with E-state index >= 15 is 0 Å². The molecule has 1 heteroatoms. The van der Waals surface area contributed by atoms with Crippen molar-refractivity contribution in [3.63, 3.8) is 0 Å². The van der Waals surface area contributed by atoms with Crippen molar-refractivity contribution in [1.82, 2.24) is 0 Å². The van der Waals surface area contributed by atoms with Crippen molar-refractivity contribution in [2.75, 3.05) is 7.11 Å². The van der Waals surface area contributed by atoms with Crippen LogP contribution in [0.15, 0.2) is 24.0 Å². The summed E-state index contributed by atoms with van der Waals surface area (Å²) in [4.78, 5) is 0. The topological polar surface area (TPSA) is 9.23 Å². The molecule has 0 aromatic heterocycles. The van der Waals surface area contributed by atoms with E-state index < -0.39 is 0 Å². The zero-order valence-corrected chi connectivity index (χ0v) is 6.47. The van der Waals surface area contributed by atoms with Crippen LogP contribution >= 0.6 is 0 Å². The first-order chi connectivity index (χ1) is 4.93. The smallest absolute Gasteiger partial charge is 0.0955 e. The lowest BCUT2D eigenvalue weighted by Gasteiger charge is -2.05. The van der Waals surface area contributed by atoms with Crippen LogP contribution in [0.4, 0.5) is 0 Å². The van der Waals surface area contributed by atoms with Crippen molar-refractivity contribution in [2.45, 2.75) is 25.7 Å². The molecule has 1 rings (SSSR count). The molecule has 0 aromatic rings. The molecule has 0 fully saturated rings. The van der Waals surface area contributed by atoms with Gasteiger partial charge < -0.3 is 4.74 Å². The molecule has 0 bridgehead atoms. The Morgan fingerprint density at radius 2 is 2.30 bits per heavy atom. The van der Waals surface area contributed by atoms with Gasteiger partial charge in [0.05, 0.1) is 12.9 Å². The first kappa shape index (κ1) is 7.39. The molecule has 0 radical (unpaired) electrons. The van der Waals surface area contributed by atoms with Crippen LogP contribution in [0.5, 0.6) is 0 Å². The van der Waals surface area contributed by atoms with E-state index in [1.54, 1.807) is 7.11 Å². The highest BCUT2D eigenvalue weighted by molar-refractivity contribution is 5.08. The van der Waals surface area contributed by atoms with Crippen LogP contribution in [0.2, 0.25) is 0 Å². The van der Waals surface area contributed by atoms with Crippen LogP contribution in [0.3, 0.4) is 0 Å². The zero-order chi connectivity index (χ0) is 7.23. The summed E-state index contributed by atoms with van der Waals surface area (Å²) in [5.41, 5.74) is 0. The Labute approximate surface area is 62.4 Å². The summed E-state index contributed by atoms with van der Waals surface area (Å²) >= 11 is 0. The molecule has 0 aliphatic heterocycles. The maximum Gasteiger partial charge on any atom is 0.0955 e. The summed E-state index contributed by atoms with van der Waals surface area (Å²) in [6, 6.07) is 0. The van der Waals surface area contributed by atoms with Gasteiger partial charge in [-0.2, -0.15) is 0 Å². The van der Waals surface area contributed by atoms with Gasteiger partial charge >= 0.3 is 0 Å². The standard InChI is InChI=1S/C9H14O/c1-10-9-7-5-3-2-4-6-8-9/h3,5,7H,2,4,6,8H2,1H3/b5-3-,9-7+. The molecule has 1 nitrogen and oxygen atoms in total. The molecule has 0 aromatic carbocycles. The minimum atomic E-state index is 1.10. The summed E-state index contributed by atoms with van der Waals surface area (Å²) in [5.74, 6) is 1.11. The van der Waals surface area contributed by atoms with Gasteiger partial charge in [-0.05, 0) is 25.3 Å². The van der Waals surface area contributed by atoms with E-state index in [1.807, 2.05) is 0 Å². The first-order valence-corrected chi connectivity index (χ1v) is 3.83. The monoisotopic (exact) mass is 138 g/mol. The molecule has 1 aliphatic carbocycles. The zero-order valence-electron chi connectivity index (χ0n) is 6.47. The van der Waals surface area contributed by atoms with Gasteiger partial charge in [0, 0.05) is 6.42 Å². The molecule has 0 saturated carbocycles. The van der Waals surface area contributed by atoms with Gasteiger partial charge in [-0.1, -0.05) is 12.2 Å². The molecular formula is C9H14O. The van der Waals surface area contributed by atoms with Crippen LogP contribution in [-0.4, -0.2) is 7.11 Å². The summed E-state index contributed by atoms with van der Waals surface area (Å²) in [6.45, 7) is 0. The van der Waals surface area contributed by atoms with Crippen molar-refractivity contribution >= 4 is 0 Å². The lowest BCUT2D eigenvalue weighted by molar-refractivity contribution is 0.274. The largest absolute Gasteiger partial charge is 0.501 e. The minimum Gasteiger partial charge on any atom is -0.501 e. The lowest BCUT2D eigenvalue weighted by atomic mass is 10.1. The first-order valence-electron chi connectivity index (χ1n) is 3.83. The van der Waals surface area contributed by atoms with Crippen molar-refractivity contribution < 1.29 is 4.74 Å². The van der Waals surface area contributed by atoms with Crippen LogP contribution in [-0.2, 0) is 4.74 Å². The van der Waals surface area contributed by atoms with Crippen LogP contribution in [0.25, 0.3) is 0 Å². The third-order valence-corrected chi connectivity index (χ3v) is 1.72. The predicted molar refractivity (Wildman–Crippen MR) is 42.7 cm³/mol. The molecule has 0 saturated heterocycles. The molecule has 1 aliphatic rings. The van der Waals surface area contributed by atoms with Gasteiger partial charge in [0.15, 0.2) is 0 Å². The van der Waals surface area contributed by atoms with Gasteiger partial charge in [-0.3, -0.25) is 0 Å². The number of rotatable bonds is 1. The number of methoxy groups -OCH3 is 1. The van der Waals surface area contributed by atoms with E-state index in [2.05, 4.69) is 18.2 Å². The molecule has 0 amide bonds. The molecule has 0 N–H and O–H groups in total. The average Bonchev–Trinajstić information content (AvgIpc) is 1.87. The predicted octanol–water partition coefficient (Wildman–Crippen LogP) is 2.65. The number of ether oxygens (including phenoxy) is 1. The maximum atomic E-state index is 5.14. The van der Waals surface area contributed by atoms with Gasteiger partial charge in [-0.25, -0.2) is 0 Å². The van der Waals surface area contributed by atoms with E-state index in [1.165, 1.54) is 19.3 Å². The van der Waals surface area contributed by atoms with Crippen molar-refractivity contribution in [3.05, 3.63) is 24.0 Å². The van der Waals surface area contributed by atoms with E-state index in [4.69, 9.17) is 4.74 Å². The summed E-state index contributed by atoms with van der Waals surface area (Å²) in [5, 5.41) is 0. The van der Waals surface area contributed by atoms with Gasteiger partial charge in [-0.15, -0.1) is 0 Å². The molecule has 56 valence electrons. The van der Waals surface area contributed by atoms with Gasteiger partial charge in [0.2, 0.25) is 0 Å². The highest BCUT2D eigenvalue weighted by Gasteiger charge is 1.96. The third kappa shape index (κ3) is 2.26. The Bertz CT molecular complexity index is 145. The Hall–Kier alpha value is -0.720. The van der Waals surface area contributed by atoms with Crippen molar-refractivity contribution in [3.8, 4) is 0 Å². The fourth-order valence-electron chi connectivity index (χ4n) is 1.09. The third-order valence-electron chi connectivity index (χ3n) is 1.72. The number of allylic oxidation sites excluding steroid dienone is 4. The Balaban J connectivity index is 2.49. The van der Waals surface area contributed by atoms with E-state index in [0.717, 1.165) is 12.2 Å². The van der Waals surface area contributed by atoms with Gasteiger partial charge in [0.1, 0.15) is 0 Å². The molecular weight excluding hydrogens is 124 g/mol. The van der Waals surface area contributed by atoms with E-state index in [9.17, 15) is 0 Å². The van der Waals surface area contributed by atoms with Crippen LogP contribution in [0.1, 0.15) is 25.7 Å². The maximum absolute atomic E-state index is 5.14. The summed E-state index contributed by atoms with van der Waals surface area (Å²) in [6.07, 6.45) is 11.2. The normalized spacial score (nSPS) is 27.5. The molecule has 0 atom stereocenters. The van der Waals surface area contributed by atoms with Crippen LogP contribution < -0.4 is 0 Å².